The molecule has 0 unspecified atom stereocenters. The third-order valence-electron chi connectivity index (χ3n) is 4.27. The number of aryl methyl sites for hydroxylation is 1. The molecule has 0 radical (unpaired) electrons. The van der Waals surface area contributed by atoms with Gasteiger partial charge in [-0.1, -0.05) is 22.9 Å². The Morgan fingerprint density at radius 2 is 1.63 bits per heavy atom. The van der Waals surface area contributed by atoms with Crippen LogP contribution in [0.1, 0.15) is 31.3 Å². The van der Waals surface area contributed by atoms with Crippen molar-refractivity contribution in [3.05, 3.63) is 60.0 Å². The van der Waals surface area contributed by atoms with E-state index in [4.69, 9.17) is 4.52 Å². The summed E-state index contributed by atoms with van der Waals surface area (Å²) >= 11 is 0. The van der Waals surface area contributed by atoms with E-state index in [1.807, 2.05) is 6.92 Å². The number of hydrogen-bond acceptors (Lipinski definition) is 7. The van der Waals surface area contributed by atoms with E-state index in [1.54, 1.807) is 50.2 Å². The van der Waals surface area contributed by atoms with Gasteiger partial charge < -0.3 is 4.52 Å². The number of anilines is 1. The molecule has 0 aliphatic rings. The standard InChI is InChI=1S/C19H22N4O5S2/c1-4-29(24,25)23-16-9-7-15(8-10-16)18-20-19(28-21-18)14(3)22-30(26,27)17-11-5-13(2)6-12-17/h5-12,14,22-23H,4H2,1-3H3/t14-/m0/s1. The first-order valence-electron chi connectivity index (χ1n) is 9.13. The lowest BCUT2D eigenvalue weighted by molar-refractivity contribution is 0.354. The second kappa shape index (κ2) is 8.54. The van der Waals surface area contributed by atoms with Crippen molar-refractivity contribution in [2.24, 2.45) is 0 Å². The topological polar surface area (TPSA) is 131 Å². The highest BCUT2D eigenvalue weighted by Crippen LogP contribution is 2.22. The lowest BCUT2D eigenvalue weighted by Crippen LogP contribution is -2.27. The van der Waals surface area contributed by atoms with Gasteiger partial charge >= 0.3 is 0 Å². The van der Waals surface area contributed by atoms with Gasteiger partial charge in [-0.15, -0.1) is 0 Å². The lowest BCUT2D eigenvalue weighted by atomic mass is 10.2. The summed E-state index contributed by atoms with van der Waals surface area (Å²) in [7, 11) is -7.11. The average Bonchev–Trinajstić information content (AvgIpc) is 3.19. The van der Waals surface area contributed by atoms with Crippen LogP contribution in [0.5, 0.6) is 0 Å². The molecule has 30 heavy (non-hydrogen) atoms. The maximum atomic E-state index is 12.5. The van der Waals surface area contributed by atoms with E-state index in [-0.39, 0.29) is 22.4 Å². The van der Waals surface area contributed by atoms with Crippen molar-refractivity contribution >= 4 is 25.7 Å². The summed E-state index contributed by atoms with van der Waals surface area (Å²) in [6.45, 7) is 5.02. The Balaban J connectivity index is 1.73. The van der Waals surface area contributed by atoms with E-state index in [0.29, 0.717) is 11.3 Å². The van der Waals surface area contributed by atoms with Crippen LogP contribution in [-0.4, -0.2) is 32.7 Å². The van der Waals surface area contributed by atoms with Crippen molar-refractivity contribution in [3.8, 4) is 11.4 Å². The van der Waals surface area contributed by atoms with Crippen LogP contribution in [-0.2, 0) is 20.0 Å². The third kappa shape index (κ3) is 5.23. The molecule has 1 aromatic heterocycles. The monoisotopic (exact) mass is 450 g/mol. The Hall–Kier alpha value is -2.76. The van der Waals surface area contributed by atoms with Gasteiger partial charge in [0.15, 0.2) is 0 Å². The Kier molecular flexibility index (Phi) is 6.25. The van der Waals surface area contributed by atoms with Gasteiger partial charge in [-0.3, -0.25) is 4.72 Å². The lowest BCUT2D eigenvalue weighted by Gasteiger charge is -2.10. The highest BCUT2D eigenvalue weighted by molar-refractivity contribution is 7.92. The molecule has 0 aliphatic carbocycles. The van der Waals surface area contributed by atoms with E-state index in [9.17, 15) is 16.8 Å². The number of aromatic nitrogens is 2. The summed E-state index contributed by atoms with van der Waals surface area (Å²) in [5.74, 6) is 0.340. The Labute approximate surface area is 175 Å². The van der Waals surface area contributed by atoms with Crippen LogP contribution in [0.4, 0.5) is 5.69 Å². The zero-order valence-electron chi connectivity index (χ0n) is 16.7. The first-order valence-corrected chi connectivity index (χ1v) is 12.3. The van der Waals surface area contributed by atoms with Crippen LogP contribution in [0, 0.1) is 6.92 Å². The summed E-state index contributed by atoms with van der Waals surface area (Å²) in [6.07, 6.45) is 0. The van der Waals surface area contributed by atoms with Crippen molar-refractivity contribution in [1.82, 2.24) is 14.9 Å². The SMILES string of the molecule is CCS(=O)(=O)Nc1ccc(-c2noc([C@H](C)NS(=O)(=O)c3ccc(C)cc3)n2)cc1. The molecular formula is C19H22N4O5S2. The second-order valence-corrected chi connectivity index (χ2v) is 10.4. The average molecular weight is 451 g/mol. The number of rotatable bonds is 8. The predicted molar refractivity (Wildman–Crippen MR) is 113 cm³/mol. The summed E-state index contributed by atoms with van der Waals surface area (Å²) in [6, 6.07) is 12.2. The van der Waals surface area contributed by atoms with Crippen LogP contribution < -0.4 is 9.44 Å². The fraction of sp³-hybridized carbons (Fsp3) is 0.263. The highest BCUT2D eigenvalue weighted by atomic mass is 32.2. The molecule has 1 atom stereocenters. The molecule has 0 aliphatic heterocycles. The quantitative estimate of drug-likeness (QED) is 0.539. The Morgan fingerprint density at radius 1 is 1.00 bits per heavy atom. The summed E-state index contributed by atoms with van der Waals surface area (Å²) in [4.78, 5) is 4.39. The van der Waals surface area contributed by atoms with Crippen LogP contribution in [0.3, 0.4) is 0 Å². The molecule has 11 heteroatoms. The zero-order valence-corrected chi connectivity index (χ0v) is 18.3. The number of hydrogen-bond donors (Lipinski definition) is 2. The normalized spacial score (nSPS) is 13.2. The van der Waals surface area contributed by atoms with Gasteiger partial charge in [0.05, 0.1) is 16.7 Å². The molecule has 1 heterocycles. The Bertz CT molecular complexity index is 1220. The zero-order chi connectivity index (χ0) is 21.9. The first-order chi connectivity index (χ1) is 14.1. The van der Waals surface area contributed by atoms with Gasteiger partial charge in [-0.2, -0.15) is 9.71 Å². The molecule has 0 fully saturated rings. The maximum Gasteiger partial charge on any atom is 0.244 e. The largest absolute Gasteiger partial charge is 0.337 e. The van der Waals surface area contributed by atoms with Crippen LogP contribution in [0.25, 0.3) is 11.4 Å². The van der Waals surface area contributed by atoms with Gasteiger partial charge in [-0.05, 0) is 57.2 Å². The smallest absolute Gasteiger partial charge is 0.244 e. The molecule has 2 aromatic carbocycles. The minimum atomic E-state index is -3.75. The van der Waals surface area contributed by atoms with Gasteiger partial charge in [0.2, 0.25) is 31.8 Å². The van der Waals surface area contributed by atoms with E-state index in [0.717, 1.165) is 5.56 Å². The van der Waals surface area contributed by atoms with Crippen molar-refractivity contribution in [1.29, 1.82) is 0 Å². The van der Waals surface area contributed by atoms with Gasteiger partial charge in [-0.25, -0.2) is 16.8 Å². The molecule has 0 amide bonds. The highest BCUT2D eigenvalue weighted by Gasteiger charge is 2.22. The van der Waals surface area contributed by atoms with Crippen LogP contribution in [0.2, 0.25) is 0 Å². The van der Waals surface area contributed by atoms with Crippen LogP contribution in [0.15, 0.2) is 57.9 Å². The summed E-state index contributed by atoms with van der Waals surface area (Å²) in [5.41, 5.74) is 1.97. The molecule has 0 bridgehead atoms. The molecule has 0 spiro atoms. The van der Waals surface area contributed by atoms with Crippen molar-refractivity contribution in [2.45, 2.75) is 31.7 Å². The van der Waals surface area contributed by atoms with Crippen molar-refractivity contribution < 1.29 is 21.4 Å². The summed E-state index contributed by atoms with van der Waals surface area (Å²) in [5, 5.41) is 3.88. The van der Waals surface area contributed by atoms with Crippen molar-refractivity contribution in [2.75, 3.05) is 10.5 Å². The number of nitrogens with one attached hydrogen (secondary N) is 2. The molecule has 9 nitrogen and oxygen atoms in total. The summed E-state index contributed by atoms with van der Waals surface area (Å²) < 4.78 is 58.5. The Morgan fingerprint density at radius 3 is 2.23 bits per heavy atom. The predicted octanol–water partition coefficient (Wildman–Crippen LogP) is 2.85. The molecular weight excluding hydrogens is 428 g/mol. The molecule has 2 N–H and O–H groups in total. The minimum Gasteiger partial charge on any atom is -0.337 e. The molecule has 3 rings (SSSR count). The van der Waals surface area contributed by atoms with Gasteiger partial charge in [0.25, 0.3) is 0 Å². The second-order valence-electron chi connectivity index (χ2n) is 6.70. The molecule has 0 saturated heterocycles. The minimum absolute atomic E-state index is 0.0284. The van der Waals surface area contributed by atoms with E-state index in [2.05, 4.69) is 19.6 Å². The molecule has 0 saturated carbocycles. The molecule has 3 aromatic rings. The fourth-order valence-corrected chi connectivity index (χ4v) is 4.37. The third-order valence-corrected chi connectivity index (χ3v) is 7.14. The van der Waals surface area contributed by atoms with Gasteiger partial charge in [0.1, 0.15) is 0 Å². The molecule has 160 valence electrons. The first kappa shape index (κ1) is 21.9. The van der Waals surface area contributed by atoms with Crippen molar-refractivity contribution in [3.63, 3.8) is 0 Å². The van der Waals surface area contributed by atoms with E-state index < -0.39 is 26.1 Å². The maximum absolute atomic E-state index is 12.5. The van der Waals surface area contributed by atoms with E-state index >= 15 is 0 Å². The number of benzene rings is 2. The number of nitrogens with zero attached hydrogens (tertiary/aromatic N) is 2. The number of sulfonamides is 2. The van der Waals surface area contributed by atoms with E-state index in [1.165, 1.54) is 12.1 Å². The fourth-order valence-electron chi connectivity index (χ4n) is 2.54. The van der Waals surface area contributed by atoms with Crippen LogP contribution >= 0.6 is 0 Å². The van der Waals surface area contributed by atoms with Gasteiger partial charge in [0, 0.05) is 11.3 Å².